The van der Waals surface area contributed by atoms with E-state index in [0.29, 0.717) is 6.54 Å². The molecule has 2 heterocycles. The van der Waals surface area contributed by atoms with Crippen molar-refractivity contribution in [3.05, 3.63) is 53.7 Å². The van der Waals surface area contributed by atoms with Gasteiger partial charge in [0.05, 0.1) is 6.04 Å². The fraction of sp³-hybridized carbons (Fsp3) is 0.400. The number of hydrogen-bond acceptors (Lipinski definition) is 4. The highest BCUT2D eigenvalue weighted by molar-refractivity contribution is 5.10. The number of nitrogens with two attached hydrogens (primary N) is 1. The highest BCUT2D eigenvalue weighted by Crippen LogP contribution is 2.20. The van der Waals surface area contributed by atoms with Crippen molar-refractivity contribution in [2.24, 2.45) is 5.73 Å². The summed E-state index contributed by atoms with van der Waals surface area (Å²) in [5.41, 5.74) is 6.96. The molecular weight excluding hydrogens is 238 g/mol. The molecule has 102 valence electrons. The number of aromatic nitrogens is 1. The molecule has 0 amide bonds. The SMILES string of the molecule is Cc1ccc(C(CN)N(C)CCc2ccccn2)o1. The number of hydrogen-bond donors (Lipinski definition) is 1. The maximum Gasteiger partial charge on any atom is 0.122 e. The first-order valence-corrected chi connectivity index (χ1v) is 6.57. The molecule has 2 N–H and O–H groups in total. The summed E-state index contributed by atoms with van der Waals surface area (Å²) in [5, 5.41) is 0. The maximum atomic E-state index is 5.87. The molecule has 1 atom stereocenters. The number of likely N-dealkylation sites (N-methyl/N-ethyl adjacent to an activating group) is 1. The molecule has 0 aliphatic rings. The van der Waals surface area contributed by atoms with Gasteiger partial charge in [-0.15, -0.1) is 0 Å². The number of aryl methyl sites for hydroxylation is 1. The van der Waals surface area contributed by atoms with Gasteiger partial charge in [0.2, 0.25) is 0 Å². The minimum atomic E-state index is 0.123. The molecule has 2 aromatic rings. The molecule has 0 saturated carbocycles. The summed E-state index contributed by atoms with van der Waals surface area (Å²) >= 11 is 0. The fourth-order valence-electron chi connectivity index (χ4n) is 2.14. The van der Waals surface area contributed by atoms with E-state index in [-0.39, 0.29) is 6.04 Å². The van der Waals surface area contributed by atoms with Crippen molar-refractivity contribution in [3.8, 4) is 0 Å². The van der Waals surface area contributed by atoms with Crippen LogP contribution in [0.2, 0.25) is 0 Å². The first kappa shape index (κ1) is 13.8. The Balaban J connectivity index is 1.96. The van der Waals surface area contributed by atoms with Crippen LogP contribution in [0.1, 0.15) is 23.3 Å². The molecule has 4 heteroatoms. The molecule has 0 fully saturated rings. The third-order valence-electron chi connectivity index (χ3n) is 3.29. The molecule has 0 aliphatic heterocycles. The first-order chi connectivity index (χ1) is 9.20. The lowest BCUT2D eigenvalue weighted by Gasteiger charge is -2.25. The molecule has 2 aromatic heterocycles. The molecule has 1 unspecified atom stereocenters. The van der Waals surface area contributed by atoms with E-state index < -0.39 is 0 Å². The van der Waals surface area contributed by atoms with Gasteiger partial charge < -0.3 is 10.2 Å². The molecule has 0 saturated heterocycles. The Hall–Kier alpha value is -1.65. The summed E-state index contributed by atoms with van der Waals surface area (Å²) in [6.45, 7) is 3.40. The second-order valence-electron chi connectivity index (χ2n) is 4.75. The molecule has 0 radical (unpaired) electrons. The number of furan rings is 1. The monoisotopic (exact) mass is 259 g/mol. The molecule has 19 heavy (non-hydrogen) atoms. The Morgan fingerprint density at radius 3 is 2.74 bits per heavy atom. The van der Waals surface area contributed by atoms with Crippen molar-refractivity contribution in [2.45, 2.75) is 19.4 Å². The first-order valence-electron chi connectivity index (χ1n) is 6.57. The Bertz CT molecular complexity index is 495. The van der Waals surface area contributed by atoms with Crippen LogP contribution in [0.5, 0.6) is 0 Å². The van der Waals surface area contributed by atoms with Crippen LogP contribution < -0.4 is 5.73 Å². The average Bonchev–Trinajstić information content (AvgIpc) is 2.85. The lowest BCUT2D eigenvalue weighted by molar-refractivity contribution is 0.220. The second kappa shape index (κ2) is 6.50. The van der Waals surface area contributed by atoms with Crippen molar-refractivity contribution in [1.82, 2.24) is 9.88 Å². The van der Waals surface area contributed by atoms with E-state index in [0.717, 1.165) is 30.2 Å². The van der Waals surface area contributed by atoms with Crippen LogP contribution >= 0.6 is 0 Å². The van der Waals surface area contributed by atoms with E-state index in [9.17, 15) is 0 Å². The fourth-order valence-corrected chi connectivity index (χ4v) is 2.14. The molecule has 0 aromatic carbocycles. The predicted octanol–water partition coefficient (Wildman–Crippen LogP) is 2.16. The van der Waals surface area contributed by atoms with Gasteiger partial charge >= 0.3 is 0 Å². The highest BCUT2D eigenvalue weighted by Gasteiger charge is 2.18. The molecule has 0 spiro atoms. The average molecular weight is 259 g/mol. The van der Waals surface area contributed by atoms with Crippen molar-refractivity contribution in [3.63, 3.8) is 0 Å². The van der Waals surface area contributed by atoms with Gasteiger partial charge in [-0.2, -0.15) is 0 Å². The minimum Gasteiger partial charge on any atom is -0.465 e. The summed E-state index contributed by atoms with van der Waals surface area (Å²) in [6.07, 6.45) is 2.74. The van der Waals surface area contributed by atoms with Crippen molar-refractivity contribution >= 4 is 0 Å². The van der Waals surface area contributed by atoms with E-state index >= 15 is 0 Å². The van der Waals surface area contributed by atoms with Crippen LogP contribution in [0.25, 0.3) is 0 Å². The van der Waals surface area contributed by atoms with Gasteiger partial charge in [-0.3, -0.25) is 9.88 Å². The largest absolute Gasteiger partial charge is 0.465 e. The number of nitrogens with zero attached hydrogens (tertiary/aromatic N) is 2. The molecular formula is C15H21N3O. The quantitative estimate of drug-likeness (QED) is 0.863. The lowest BCUT2D eigenvalue weighted by atomic mass is 10.2. The summed E-state index contributed by atoms with van der Waals surface area (Å²) in [6, 6.07) is 10.1. The zero-order valence-electron chi connectivity index (χ0n) is 11.5. The lowest BCUT2D eigenvalue weighted by Crippen LogP contribution is -2.32. The van der Waals surface area contributed by atoms with Gasteiger partial charge in [0.1, 0.15) is 11.5 Å². The van der Waals surface area contributed by atoms with E-state index in [1.165, 1.54) is 0 Å². The van der Waals surface area contributed by atoms with E-state index in [1.54, 1.807) is 0 Å². The van der Waals surface area contributed by atoms with Crippen LogP contribution in [0.4, 0.5) is 0 Å². The maximum absolute atomic E-state index is 5.87. The van der Waals surface area contributed by atoms with Crippen molar-refractivity contribution in [1.29, 1.82) is 0 Å². The van der Waals surface area contributed by atoms with Crippen LogP contribution in [0.3, 0.4) is 0 Å². The van der Waals surface area contributed by atoms with E-state index in [4.69, 9.17) is 10.2 Å². The Kier molecular flexibility index (Phi) is 4.71. The molecule has 2 rings (SSSR count). The number of rotatable bonds is 6. The van der Waals surface area contributed by atoms with Crippen LogP contribution in [-0.4, -0.2) is 30.0 Å². The van der Waals surface area contributed by atoms with Gasteiger partial charge in [0, 0.05) is 31.4 Å². The molecule has 4 nitrogen and oxygen atoms in total. The summed E-state index contributed by atoms with van der Waals surface area (Å²) in [7, 11) is 2.07. The normalized spacial score (nSPS) is 12.8. The molecule has 0 bridgehead atoms. The Morgan fingerprint density at radius 2 is 2.16 bits per heavy atom. The summed E-state index contributed by atoms with van der Waals surface area (Å²) in [5.74, 6) is 1.86. The summed E-state index contributed by atoms with van der Waals surface area (Å²) in [4.78, 5) is 6.55. The van der Waals surface area contributed by atoms with E-state index in [1.807, 2.05) is 43.5 Å². The smallest absolute Gasteiger partial charge is 0.122 e. The van der Waals surface area contributed by atoms with Gasteiger partial charge in [0.15, 0.2) is 0 Å². The van der Waals surface area contributed by atoms with Crippen molar-refractivity contribution < 1.29 is 4.42 Å². The standard InChI is InChI=1S/C15H21N3O/c1-12-6-7-15(19-12)14(11-16)18(2)10-8-13-5-3-4-9-17-13/h3-7,9,14H,8,10-11,16H2,1-2H3. The Labute approximate surface area is 114 Å². The van der Waals surface area contributed by atoms with E-state index in [2.05, 4.69) is 16.9 Å². The molecule has 0 aliphatic carbocycles. The zero-order chi connectivity index (χ0) is 13.7. The minimum absolute atomic E-state index is 0.123. The third-order valence-corrected chi connectivity index (χ3v) is 3.29. The van der Waals surface area contributed by atoms with Gasteiger partial charge in [-0.05, 0) is 38.2 Å². The summed E-state index contributed by atoms with van der Waals surface area (Å²) < 4.78 is 5.67. The van der Waals surface area contributed by atoms with Crippen LogP contribution in [0.15, 0.2) is 40.9 Å². The van der Waals surface area contributed by atoms with Gasteiger partial charge in [-0.1, -0.05) is 6.07 Å². The van der Waals surface area contributed by atoms with Crippen molar-refractivity contribution in [2.75, 3.05) is 20.1 Å². The van der Waals surface area contributed by atoms with Crippen LogP contribution in [0, 0.1) is 6.92 Å². The number of pyridine rings is 1. The predicted molar refractivity (Wildman–Crippen MR) is 75.8 cm³/mol. The topological polar surface area (TPSA) is 55.3 Å². The second-order valence-corrected chi connectivity index (χ2v) is 4.75. The Morgan fingerprint density at radius 1 is 1.32 bits per heavy atom. The highest BCUT2D eigenvalue weighted by atomic mass is 16.3. The van der Waals surface area contributed by atoms with Gasteiger partial charge in [-0.25, -0.2) is 0 Å². The van der Waals surface area contributed by atoms with Crippen LogP contribution in [-0.2, 0) is 6.42 Å². The third kappa shape index (κ3) is 3.66. The van der Waals surface area contributed by atoms with Gasteiger partial charge in [0.25, 0.3) is 0 Å². The zero-order valence-corrected chi connectivity index (χ0v) is 11.5.